The standard InChI is InChI=1S/C24H15Cl3S2/c25-22(24(26)27)15-23(28-20-11-9-16-5-1-3-7-18(16)13-20)29-21-12-10-17-6-2-4-8-19(17)14-21/h1-15H. The number of fused-ring (bicyclic) bond motifs is 2. The van der Waals surface area contributed by atoms with Crippen LogP contribution in [0, 0.1) is 0 Å². The summed E-state index contributed by atoms with van der Waals surface area (Å²) in [5.41, 5.74) is 0. The zero-order valence-corrected chi connectivity index (χ0v) is 19.0. The maximum atomic E-state index is 6.25. The molecule has 0 bridgehead atoms. The Hall–Kier alpha value is -1.55. The molecule has 5 heteroatoms. The van der Waals surface area contributed by atoms with E-state index in [2.05, 4.69) is 60.7 Å². The van der Waals surface area contributed by atoms with Gasteiger partial charge in [0.2, 0.25) is 0 Å². The van der Waals surface area contributed by atoms with Gasteiger partial charge >= 0.3 is 0 Å². The van der Waals surface area contributed by atoms with Crippen LogP contribution < -0.4 is 0 Å². The van der Waals surface area contributed by atoms with Crippen LogP contribution in [0.5, 0.6) is 0 Å². The third kappa shape index (κ3) is 5.33. The van der Waals surface area contributed by atoms with Crippen molar-refractivity contribution in [1.29, 1.82) is 0 Å². The highest BCUT2D eigenvalue weighted by molar-refractivity contribution is 8.22. The molecule has 0 spiro atoms. The van der Waals surface area contributed by atoms with E-state index < -0.39 is 0 Å². The lowest BCUT2D eigenvalue weighted by atomic mass is 10.1. The molecule has 0 atom stereocenters. The van der Waals surface area contributed by atoms with E-state index in [9.17, 15) is 0 Å². The zero-order chi connectivity index (χ0) is 20.2. The topological polar surface area (TPSA) is 0 Å². The van der Waals surface area contributed by atoms with Gasteiger partial charge in [-0.25, -0.2) is 0 Å². The highest BCUT2D eigenvalue weighted by atomic mass is 35.5. The van der Waals surface area contributed by atoms with Crippen molar-refractivity contribution in [2.24, 2.45) is 0 Å². The molecular formula is C24H15Cl3S2. The van der Waals surface area contributed by atoms with Gasteiger partial charge in [-0.2, -0.15) is 0 Å². The van der Waals surface area contributed by atoms with Crippen molar-refractivity contribution in [1.82, 2.24) is 0 Å². The fourth-order valence-corrected chi connectivity index (χ4v) is 5.49. The zero-order valence-electron chi connectivity index (χ0n) is 15.1. The molecule has 0 fully saturated rings. The summed E-state index contributed by atoms with van der Waals surface area (Å²) in [6.45, 7) is 0. The van der Waals surface area contributed by atoms with Gasteiger partial charge in [-0.3, -0.25) is 0 Å². The van der Waals surface area contributed by atoms with Gasteiger partial charge < -0.3 is 0 Å². The average molecular weight is 474 g/mol. The van der Waals surface area contributed by atoms with E-state index in [-0.39, 0.29) is 4.49 Å². The fraction of sp³-hybridized carbons (Fsp3) is 0. The maximum Gasteiger partial charge on any atom is 0.125 e. The average Bonchev–Trinajstić information content (AvgIpc) is 2.73. The molecule has 0 N–H and O–H groups in total. The van der Waals surface area contributed by atoms with E-state index in [0.717, 1.165) is 14.0 Å². The Labute approximate surface area is 193 Å². The van der Waals surface area contributed by atoms with Crippen LogP contribution in [0.25, 0.3) is 21.5 Å². The van der Waals surface area contributed by atoms with Gasteiger partial charge in [0, 0.05) is 9.79 Å². The third-order valence-corrected chi connectivity index (χ3v) is 7.32. The first kappa shape index (κ1) is 20.7. The number of thioether (sulfide) groups is 2. The molecule has 0 radical (unpaired) electrons. The fourth-order valence-electron chi connectivity index (χ4n) is 2.93. The van der Waals surface area contributed by atoms with Crippen LogP contribution in [-0.4, -0.2) is 0 Å². The molecule has 0 aliphatic carbocycles. The molecule has 4 rings (SSSR count). The van der Waals surface area contributed by atoms with E-state index >= 15 is 0 Å². The van der Waals surface area contributed by atoms with Gasteiger partial charge in [0.05, 0.1) is 9.27 Å². The van der Waals surface area contributed by atoms with Crippen LogP contribution in [0.1, 0.15) is 0 Å². The van der Waals surface area contributed by atoms with E-state index in [1.165, 1.54) is 21.5 Å². The first-order chi connectivity index (χ1) is 14.1. The predicted octanol–water partition coefficient (Wildman–Crippen LogP) is 9.60. The summed E-state index contributed by atoms with van der Waals surface area (Å²) in [4.78, 5) is 2.25. The van der Waals surface area contributed by atoms with Crippen LogP contribution in [0.3, 0.4) is 0 Å². The Morgan fingerprint density at radius 2 is 1.03 bits per heavy atom. The summed E-state index contributed by atoms with van der Waals surface area (Å²) in [5.74, 6) is 0. The van der Waals surface area contributed by atoms with Crippen LogP contribution in [-0.2, 0) is 0 Å². The molecule has 144 valence electrons. The highest BCUT2D eigenvalue weighted by Gasteiger charge is 2.08. The minimum Gasteiger partial charge on any atom is -0.0827 e. The van der Waals surface area contributed by atoms with Crippen molar-refractivity contribution < 1.29 is 0 Å². The molecule has 0 heterocycles. The maximum absolute atomic E-state index is 6.25. The van der Waals surface area contributed by atoms with Crippen molar-refractivity contribution >= 4 is 79.9 Å². The summed E-state index contributed by atoms with van der Waals surface area (Å²) in [6, 6.07) is 29.5. The molecule has 0 aliphatic heterocycles. The lowest BCUT2D eigenvalue weighted by molar-refractivity contribution is 1.51. The number of hydrogen-bond donors (Lipinski definition) is 0. The summed E-state index contributed by atoms with van der Waals surface area (Å²) >= 11 is 21.3. The Bertz CT molecular complexity index is 1160. The van der Waals surface area contributed by atoms with Crippen LogP contribution in [0.15, 0.2) is 115 Å². The van der Waals surface area contributed by atoms with E-state index in [1.54, 1.807) is 23.5 Å². The van der Waals surface area contributed by atoms with Gasteiger partial charge in [0.15, 0.2) is 0 Å². The van der Waals surface area contributed by atoms with Crippen molar-refractivity contribution in [3.05, 3.63) is 105 Å². The van der Waals surface area contributed by atoms with Crippen LogP contribution >= 0.6 is 58.3 Å². The highest BCUT2D eigenvalue weighted by Crippen LogP contribution is 2.42. The molecule has 4 aromatic rings. The number of benzene rings is 4. The van der Waals surface area contributed by atoms with Gasteiger partial charge in [0.25, 0.3) is 0 Å². The lowest BCUT2D eigenvalue weighted by Crippen LogP contribution is -1.80. The third-order valence-electron chi connectivity index (χ3n) is 4.30. The molecule has 0 aromatic heterocycles. The quantitative estimate of drug-likeness (QED) is 0.209. The van der Waals surface area contributed by atoms with Crippen molar-refractivity contribution in [2.75, 3.05) is 0 Å². The lowest BCUT2D eigenvalue weighted by Gasteiger charge is -2.09. The van der Waals surface area contributed by atoms with Crippen LogP contribution in [0.2, 0.25) is 0 Å². The molecule has 0 unspecified atom stereocenters. The number of hydrogen-bond acceptors (Lipinski definition) is 2. The molecule has 0 nitrogen and oxygen atoms in total. The Morgan fingerprint density at radius 3 is 1.48 bits per heavy atom. The summed E-state index contributed by atoms with van der Waals surface area (Å²) < 4.78 is 1.04. The molecule has 4 aromatic carbocycles. The second-order valence-electron chi connectivity index (χ2n) is 6.29. The minimum atomic E-state index is 0.0578. The van der Waals surface area contributed by atoms with Gasteiger partial charge in [-0.1, -0.05) is 119 Å². The number of rotatable bonds is 5. The summed E-state index contributed by atoms with van der Waals surface area (Å²) in [5, 5.41) is 5.15. The minimum absolute atomic E-state index is 0.0578. The molecule has 0 saturated heterocycles. The van der Waals surface area contributed by atoms with Crippen molar-refractivity contribution in [3.63, 3.8) is 0 Å². The van der Waals surface area contributed by atoms with E-state index in [1.807, 2.05) is 30.3 Å². The first-order valence-corrected chi connectivity index (χ1v) is 11.6. The Kier molecular flexibility index (Phi) is 6.79. The number of allylic oxidation sites excluding steroid dienone is 2. The monoisotopic (exact) mass is 472 g/mol. The summed E-state index contributed by atoms with van der Waals surface area (Å²) in [7, 11) is 0. The Balaban J connectivity index is 1.67. The predicted molar refractivity (Wildman–Crippen MR) is 132 cm³/mol. The van der Waals surface area contributed by atoms with Gasteiger partial charge in [0.1, 0.15) is 4.49 Å². The van der Waals surface area contributed by atoms with E-state index in [0.29, 0.717) is 5.03 Å². The molecular weight excluding hydrogens is 459 g/mol. The van der Waals surface area contributed by atoms with Crippen molar-refractivity contribution in [3.8, 4) is 0 Å². The molecule has 0 saturated carbocycles. The normalized spacial score (nSPS) is 10.9. The smallest absolute Gasteiger partial charge is 0.0827 e. The SMILES string of the molecule is ClC(Cl)=C(Cl)C=C(Sc1ccc2ccccc2c1)Sc1ccc2ccccc2c1. The van der Waals surface area contributed by atoms with Gasteiger partial charge in [-0.15, -0.1) is 0 Å². The largest absolute Gasteiger partial charge is 0.125 e. The molecule has 29 heavy (non-hydrogen) atoms. The van der Waals surface area contributed by atoms with E-state index in [4.69, 9.17) is 34.8 Å². The second kappa shape index (κ2) is 9.51. The molecule has 0 aliphatic rings. The van der Waals surface area contributed by atoms with Gasteiger partial charge in [-0.05, 0) is 51.9 Å². The molecule has 0 amide bonds. The second-order valence-corrected chi connectivity index (χ2v) is 10.1. The Morgan fingerprint density at radius 1 is 0.586 bits per heavy atom. The van der Waals surface area contributed by atoms with Crippen molar-refractivity contribution in [2.45, 2.75) is 9.79 Å². The first-order valence-electron chi connectivity index (χ1n) is 8.84. The summed E-state index contributed by atoms with van der Waals surface area (Å²) in [6.07, 6.45) is 1.82. The number of halogens is 3. The van der Waals surface area contributed by atoms with Crippen LogP contribution in [0.4, 0.5) is 0 Å².